The summed E-state index contributed by atoms with van der Waals surface area (Å²) >= 11 is 1.29. The fraction of sp³-hybridized carbons (Fsp3) is 0.692. The minimum absolute atomic E-state index is 0.112. The van der Waals surface area contributed by atoms with Gasteiger partial charge in [0.15, 0.2) is 5.13 Å². The number of hydrogen-bond acceptors (Lipinski definition) is 6. The van der Waals surface area contributed by atoms with Gasteiger partial charge < -0.3 is 21.1 Å². The van der Waals surface area contributed by atoms with Gasteiger partial charge in [0, 0.05) is 19.7 Å². The number of rotatable bonds is 6. The predicted molar refractivity (Wildman–Crippen MR) is 81.2 cm³/mol. The van der Waals surface area contributed by atoms with Crippen LogP contribution in [0.15, 0.2) is 0 Å². The Balaban J connectivity index is 1.95. The number of aromatic nitrogens is 1. The molecule has 112 valence electrons. The van der Waals surface area contributed by atoms with Gasteiger partial charge in [0.25, 0.3) is 5.91 Å². The van der Waals surface area contributed by atoms with Gasteiger partial charge >= 0.3 is 0 Å². The van der Waals surface area contributed by atoms with E-state index in [4.69, 9.17) is 10.5 Å². The van der Waals surface area contributed by atoms with E-state index in [1.165, 1.54) is 24.2 Å². The monoisotopic (exact) mass is 298 g/mol. The van der Waals surface area contributed by atoms with Crippen molar-refractivity contribution in [1.29, 1.82) is 0 Å². The quantitative estimate of drug-likeness (QED) is 0.696. The molecule has 7 heteroatoms. The number of carbonyl (C=O) groups is 1. The molecule has 4 N–H and O–H groups in total. The van der Waals surface area contributed by atoms with Gasteiger partial charge in [0.2, 0.25) is 0 Å². The fourth-order valence-electron chi connectivity index (χ4n) is 2.42. The van der Waals surface area contributed by atoms with Gasteiger partial charge in [-0.1, -0.05) is 24.7 Å². The maximum absolute atomic E-state index is 12.2. The number of anilines is 2. The molecule has 2 unspecified atom stereocenters. The standard InChI is InChI=1S/C13H22N4O2S/c1-8-4-3-5-9(8)16-12(18)10-11(14)17-13(20-10)15-6-7-19-2/h8-9H,3-7,14H2,1-2H3,(H,15,17)(H,16,18). The molecule has 2 rings (SSSR count). The van der Waals surface area contributed by atoms with Gasteiger partial charge in [-0.15, -0.1) is 0 Å². The van der Waals surface area contributed by atoms with Crippen molar-refractivity contribution in [2.24, 2.45) is 5.92 Å². The summed E-state index contributed by atoms with van der Waals surface area (Å²) in [5.74, 6) is 0.712. The number of hydrogen-bond donors (Lipinski definition) is 3. The van der Waals surface area contributed by atoms with Crippen LogP contribution in [-0.2, 0) is 4.74 Å². The van der Waals surface area contributed by atoms with Gasteiger partial charge in [-0.2, -0.15) is 0 Å². The number of ether oxygens (including phenoxy) is 1. The van der Waals surface area contributed by atoms with E-state index in [0.717, 1.165) is 6.42 Å². The number of methoxy groups -OCH3 is 1. The molecule has 0 aliphatic heterocycles. The Morgan fingerprint density at radius 1 is 1.55 bits per heavy atom. The first-order valence-corrected chi connectivity index (χ1v) is 7.73. The lowest BCUT2D eigenvalue weighted by atomic mass is 10.1. The third kappa shape index (κ3) is 3.61. The average molecular weight is 298 g/mol. The zero-order chi connectivity index (χ0) is 14.5. The predicted octanol–water partition coefficient (Wildman–Crippen LogP) is 1.70. The van der Waals surface area contributed by atoms with Crippen LogP contribution in [-0.4, -0.2) is 37.2 Å². The zero-order valence-electron chi connectivity index (χ0n) is 11.9. The van der Waals surface area contributed by atoms with Crippen molar-refractivity contribution in [3.05, 3.63) is 4.88 Å². The highest BCUT2D eigenvalue weighted by Gasteiger charge is 2.26. The summed E-state index contributed by atoms with van der Waals surface area (Å²) in [4.78, 5) is 16.9. The Kier molecular flexibility index (Phi) is 5.19. The van der Waals surface area contributed by atoms with Crippen LogP contribution in [0, 0.1) is 5.92 Å². The number of nitrogens with two attached hydrogens (primary N) is 1. The number of nitrogens with zero attached hydrogens (tertiary/aromatic N) is 1. The van der Waals surface area contributed by atoms with Crippen LogP contribution in [0.1, 0.15) is 35.9 Å². The second kappa shape index (κ2) is 6.90. The molecule has 0 radical (unpaired) electrons. The van der Waals surface area contributed by atoms with Crippen molar-refractivity contribution < 1.29 is 9.53 Å². The van der Waals surface area contributed by atoms with E-state index in [2.05, 4.69) is 22.5 Å². The first-order valence-electron chi connectivity index (χ1n) is 6.91. The molecule has 1 amide bonds. The van der Waals surface area contributed by atoms with E-state index in [-0.39, 0.29) is 17.8 Å². The Bertz CT molecular complexity index is 463. The van der Waals surface area contributed by atoms with Crippen molar-refractivity contribution in [2.45, 2.75) is 32.2 Å². The van der Waals surface area contributed by atoms with Gasteiger partial charge in [-0.25, -0.2) is 4.98 Å². The van der Waals surface area contributed by atoms with E-state index in [0.29, 0.717) is 29.1 Å². The number of nitrogen functional groups attached to an aromatic ring is 1. The normalized spacial score (nSPS) is 21.9. The second-order valence-electron chi connectivity index (χ2n) is 5.14. The molecule has 0 bridgehead atoms. The average Bonchev–Trinajstić information content (AvgIpc) is 2.97. The zero-order valence-corrected chi connectivity index (χ0v) is 12.8. The number of thiazole rings is 1. The molecule has 0 aromatic carbocycles. The Hall–Kier alpha value is -1.34. The van der Waals surface area contributed by atoms with Crippen molar-refractivity contribution in [3.63, 3.8) is 0 Å². The summed E-state index contributed by atoms with van der Waals surface area (Å²) in [7, 11) is 1.64. The molecule has 2 atom stereocenters. The summed E-state index contributed by atoms with van der Waals surface area (Å²) in [6.45, 7) is 3.40. The van der Waals surface area contributed by atoms with Crippen LogP contribution in [0.4, 0.5) is 10.9 Å². The van der Waals surface area contributed by atoms with Crippen molar-refractivity contribution >= 4 is 28.2 Å². The van der Waals surface area contributed by atoms with Gasteiger partial charge in [0.05, 0.1) is 6.61 Å². The first-order chi connectivity index (χ1) is 9.61. The Labute approximate surface area is 123 Å². The summed E-state index contributed by atoms with van der Waals surface area (Å²) in [6.07, 6.45) is 3.39. The topological polar surface area (TPSA) is 89.3 Å². The molecule has 1 heterocycles. The van der Waals surface area contributed by atoms with Crippen LogP contribution in [0.5, 0.6) is 0 Å². The third-order valence-electron chi connectivity index (χ3n) is 3.62. The SMILES string of the molecule is COCCNc1nc(N)c(C(=O)NC2CCCC2C)s1. The number of amides is 1. The van der Waals surface area contributed by atoms with Crippen molar-refractivity contribution in [2.75, 3.05) is 31.3 Å². The highest BCUT2D eigenvalue weighted by atomic mass is 32.1. The maximum atomic E-state index is 12.2. The highest BCUT2D eigenvalue weighted by Crippen LogP contribution is 2.28. The number of nitrogens with one attached hydrogen (secondary N) is 2. The highest BCUT2D eigenvalue weighted by molar-refractivity contribution is 7.18. The van der Waals surface area contributed by atoms with Crippen LogP contribution in [0.3, 0.4) is 0 Å². The Morgan fingerprint density at radius 3 is 3.00 bits per heavy atom. The van der Waals surface area contributed by atoms with E-state index in [9.17, 15) is 4.79 Å². The molecule has 1 aromatic heterocycles. The molecule has 1 fully saturated rings. The van der Waals surface area contributed by atoms with E-state index >= 15 is 0 Å². The molecular weight excluding hydrogens is 276 g/mol. The molecule has 6 nitrogen and oxygen atoms in total. The molecule has 1 aromatic rings. The van der Waals surface area contributed by atoms with Gasteiger partial charge in [-0.05, 0) is 18.8 Å². The van der Waals surface area contributed by atoms with E-state index in [1.54, 1.807) is 7.11 Å². The molecule has 1 aliphatic carbocycles. The van der Waals surface area contributed by atoms with Crippen LogP contribution >= 0.6 is 11.3 Å². The van der Waals surface area contributed by atoms with Crippen LogP contribution in [0.25, 0.3) is 0 Å². The summed E-state index contributed by atoms with van der Waals surface area (Å²) in [5, 5.41) is 6.81. The van der Waals surface area contributed by atoms with E-state index in [1.807, 2.05) is 0 Å². The largest absolute Gasteiger partial charge is 0.383 e. The maximum Gasteiger partial charge on any atom is 0.265 e. The van der Waals surface area contributed by atoms with Crippen LogP contribution in [0.2, 0.25) is 0 Å². The fourth-order valence-corrected chi connectivity index (χ4v) is 3.24. The third-order valence-corrected chi connectivity index (χ3v) is 4.65. The smallest absolute Gasteiger partial charge is 0.265 e. The van der Waals surface area contributed by atoms with E-state index < -0.39 is 0 Å². The summed E-state index contributed by atoms with van der Waals surface area (Å²) in [6, 6.07) is 0.258. The molecule has 0 saturated heterocycles. The lowest BCUT2D eigenvalue weighted by Crippen LogP contribution is -2.36. The molecule has 1 saturated carbocycles. The molecule has 20 heavy (non-hydrogen) atoms. The Morgan fingerprint density at radius 2 is 2.35 bits per heavy atom. The second-order valence-corrected chi connectivity index (χ2v) is 6.14. The van der Waals surface area contributed by atoms with Crippen LogP contribution < -0.4 is 16.4 Å². The van der Waals surface area contributed by atoms with Crippen molar-refractivity contribution in [3.8, 4) is 0 Å². The molecule has 0 spiro atoms. The first kappa shape index (κ1) is 15.1. The molecular formula is C13H22N4O2S. The molecule has 1 aliphatic rings. The lowest BCUT2D eigenvalue weighted by molar-refractivity contribution is 0.0934. The lowest BCUT2D eigenvalue weighted by Gasteiger charge is -2.16. The minimum atomic E-state index is -0.112. The minimum Gasteiger partial charge on any atom is -0.383 e. The summed E-state index contributed by atoms with van der Waals surface area (Å²) in [5.41, 5.74) is 5.82. The van der Waals surface area contributed by atoms with Gasteiger partial charge in [-0.3, -0.25) is 4.79 Å². The van der Waals surface area contributed by atoms with Crippen molar-refractivity contribution in [1.82, 2.24) is 10.3 Å². The summed E-state index contributed by atoms with van der Waals surface area (Å²) < 4.78 is 4.95. The van der Waals surface area contributed by atoms with Gasteiger partial charge in [0.1, 0.15) is 10.7 Å². The number of carbonyl (C=O) groups excluding carboxylic acids is 1.